The van der Waals surface area contributed by atoms with Gasteiger partial charge in [0.05, 0.1) is 6.04 Å². The van der Waals surface area contributed by atoms with Crippen LogP contribution < -0.4 is 5.73 Å². The van der Waals surface area contributed by atoms with Gasteiger partial charge in [-0.05, 0) is 18.8 Å². The molecule has 1 aliphatic heterocycles. The minimum absolute atomic E-state index is 0.130. The SMILES string of the molecule is CC(C)[C@@H](N)C(=O)N1CCN(C2CC2)CC1. The van der Waals surface area contributed by atoms with E-state index in [1.807, 2.05) is 18.7 Å². The van der Waals surface area contributed by atoms with E-state index in [-0.39, 0.29) is 17.9 Å². The summed E-state index contributed by atoms with van der Waals surface area (Å²) in [4.78, 5) is 16.5. The van der Waals surface area contributed by atoms with Crippen molar-refractivity contribution < 1.29 is 4.79 Å². The first-order chi connectivity index (χ1) is 7.59. The lowest BCUT2D eigenvalue weighted by atomic mass is 10.0. The molecule has 16 heavy (non-hydrogen) atoms. The van der Waals surface area contributed by atoms with Gasteiger partial charge in [-0.15, -0.1) is 0 Å². The predicted molar refractivity (Wildman–Crippen MR) is 64.0 cm³/mol. The van der Waals surface area contributed by atoms with E-state index in [0.29, 0.717) is 0 Å². The zero-order valence-electron chi connectivity index (χ0n) is 10.4. The molecule has 2 N–H and O–H groups in total. The summed E-state index contributed by atoms with van der Waals surface area (Å²) in [6.07, 6.45) is 2.69. The van der Waals surface area contributed by atoms with Crippen molar-refractivity contribution in [2.75, 3.05) is 26.2 Å². The van der Waals surface area contributed by atoms with Gasteiger partial charge in [-0.25, -0.2) is 0 Å². The van der Waals surface area contributed by atoms with Gasteiger partial charge >= 0.3 is 0 Å². The van der Waals surface area contributed by atoms with Gasteiger partial charge in [-0.3, -0.25) is 9.69 Å². The summed E-state index contributed by atoms with van der Waals surface area (Å²) in [6.45, 7) is 7.78. The fourth-order valence-corrected chi connectivity index (χ4v) is 2.24. The second kappa shape index (κ2) is 4.72. The molecule has 2 fully saturated rings. The maximum atomic E-state index is 12.0. The molecule has 1 amide bonds. The highest BCUT2D eigenvalue weighted by Gasteiger charge is 2.33. The number of hydrogen-bond acceptors (Lipinski definition) is 3. The third-order valence-electron chi connectivity index (χ3n) is 3.69. The fourth-order valence-electron chi connectivity index (χ4n) is 2.24. The smallest absolute Gasteiger partial charge is 0.239 e. The van der Waals surface area contributed by atoms with E-state index in [1.165, 1.54) is 12.8 Å². The second-order valence-corrected chi connectivity index (χ2v) is 5.36. The summed E-state index contributed by atoms with van der Waals surface area (Å²) in [7, 11) is 0. The Morgan fingerprint density at radius 2 is 1.75 bits per heavy atom. The van der Waals surface area contributed by atoms with Crippen LogP contribution in [0, 0.1) is 5.92 Å². The zero-order valence-corrected chi connectivity index (χ0v) is 10.4. The Labute approximate surface area is 97.8 Å². The number of piperazine rings is 1. The van der Waals surface area contributed by atoms with E-state index in [1.54, 1.807) is 0 Å². The van der Waals surface area contributed by atoms with Crippen molar-refractivity contribution in [2.24, 2.45) is 11.7 Å². The maximum absolute atomic E-state index is 12.0. The predicted octanol–water partition coefficient (Wildman–Crippen LogP) is 0.276. The summed E-state index contributed by atoms with van der Waals surface area (Å²) in [5.41, 5.74) is 5.89. The van der Waals surface area contributed by atoms with Crippen molar-refractivity contribution in [2.45, 2.75) is 38.8 Å². The molecule has 1 saturated carbocycles. The molecule has 92 valence electrons. The number of nitrogens with zero attached hydrogens (tertiary/aromatic N) is 2. The van der Waals surface area contributed by atoms with Gasteiger partial charge in [-0.2, -0.15) is 0 Å². The summed E-state index contributed by atoms with van der Waals surface area (Å²) in [5.74, 6) is 0.361. The molecule has 1 saturated heterocycles. The van der Waals surface area contributed by atoms with Crippen molar-refractivity contribution in [3.05, 3.63) is 0 Å². The van der Waals surface area contributed by atoms with Gasteiger partial charge in [0.25, 0.3) is 0 Å². The van der Waals surface area contributed by atoms with Crippen LogP contribution in [0.1, 0.15) is 26.7 Å². The normalized spacial score (nSPS) is 24.9. The number of carbonyl (C=O) groups excluding carboxylic acids is 1. The average Bonchev–Trinajstić information content (AvgIpc) is 3.11. The minimum Gasteiger partial charge on any atom is -0.339 e. The first kappa shape index (κ1) is 11.9. The highest BCUT2D eigenvalue weighted by Crippen LogP contribution is 2.27. The third-order valence-corrected chi connectivity index (χ3v) is 3.69. The average molecular weight is 225 g/mol. The highest BCUT2D eigenvalue weighted by atomic mass is 16.2. The Morgan fingerprint density at radius 3 is 2.19 bits per heavy atom. The van der Waals surface area contributed by atoms with Crippen molar-refractivity contribution in [3.8, 4) is 0 Å². The molecule has 2 rings (SSSR count). The molecule has 1 atom stereocenters. The van der Waals surface area contributed by atoms with Crippen LogP contribution in [0.4, 0.5) is 0 Å². The van der Waals surface area contributed by atoms with Crippen molar-refractivity contribution in [1.29, 1.82) is 0 Å². The number of rotatable bonds is 3. The van der Waals surface area contributed by atoms with Crippen LogP contribution in [0.15, 0.2) is 0 Å². The molecule has 0 aromatic carbocycles. The molecular formula is C12H23N3O. The van der Waals surface area contributed by atoms with Crippen LogP contribution in [-0.2, 0) is 4.79 Å². The molecule has 2 aliphatic rings. The highest BCUT2D eigenvalue weighted by molar-refractivity contribution is 5.82. The summed E-state index contributed by atoms with van der Waals surface area (Å²) < 4.78 is 0. The van der Waals surface area contributed by atoms with Crippen LogP contribution in [0.5, 0.6) is 0 Å². The molecule has 0 bridgehead atoms. The number of carbonyl (C=O) groups is 1. The number of nitrogens with two attached hydrogens (primary N) is 1. The van der Waals surface area contributed by atoms with Gasteiger partial charge in [0.2, 0.25) is 5.91 Å². The number of amides is 1. The van der Waals surface area contributed by atoms with Crippen LogP contribution >= 0.6 is 0 Å². The largest absolute Gasteiger partial charge is 0.339 e. The van der Waals surface area contributed by atoms with Crippen molar-refractivity contribution in [3.63, 3.8) is 0 Å². The van der Waals surface area contributed by atoms with Crippen LogP contribution in [0.25, 0.3) is 0 Å². The van der Waals surface area contributed by atoms with E-state index in [4.69, 9.17) is 5.73 Å². The standard InChI is InChI=1S/C12H23N3O/c1-9(2)11(13)12(16)15-7-5-14(6-8-15)10-3-4-10/h9-11H,3-8,13H2,1-2H3/t11-/m1/s1. The van der Waals surface area contributed by atoms with Crippen LogP contribution in [0.2, 0.25) is 0 Å². The maximum Gasteiger partial charge on any atom is 0.239 e. The molecule has 1 heterocycles. The molecule has 0 radical (unpaired) electrons. The summed E-state index contributed by atoms with van der Waals surface area (Å²) >= 11 is 0. The topological polar surface area (TPSA) is 49.6 Å². The van der Waals surface area contributed by atoms with Gasteiger partial charge in [-0.1, -0.05) is 13.8 Å². The van der Waals surface area contributed by atoms with Gasteiger partial charge in [0, 0.05) is 32.2 Å². The Kier molecular flexibility index (Phi) is 3.50. The van der Waals surface area contributed by atoms with Gasteiger partial charge in [0.15, 0.2) is 0 Å². The molecule has 4 heteroatoms. The molecule has 0 unspecified atom stereocenters. The fraction of sp³-hybridized carbons (Fsp3) is 0.917. The Balaban J connectivity index is 1.81. The van der Waals surface area contributed by atoms with E-state index >= 15 is 0 Å². The zero-order chi connectivity index (χ0) is 11.7. The quantitative estimate of drug-likeness (QED) is 0.750. The lowest BCUT2D eigenvalue weighted by molar-refractivity contribution is -0.135. The lowest BCUT2D eigenvalue weighted by Gasteiger charge is -2.36. The monoisotopic (exact) mass is 225 g/mol. The first-order valence-corrected chi connectivity index (χ1v) is 6.38. The van der Waals surface area contributed by atoms with E-state index in [2.05, 4.69) is 4.90 Å². The Morgan fingerprint density at radius 1 is 1.19 bits per heavy atom. The van der Waals surface area contributed by atoms with E-state index < -0.39 is 0 Å². The van der Waals surface area contributed by atoms with E-state index in [9.17, 15) is 4.79 Å². The molecule has 1 aliphatic carbocycles. The Bertz CT molecular complexity index is 255. The number of hydrogen-bond donors (Lipinski definition) is 1. The van der Waals surface area contributed by atoms with Gasteiger partial charge < -0.3 is 10.6 Å². The third kappa shape index (κ3) is 2.55. The Hall–Kier alpha value is -0.610. The first-order valence-electron chi connectivity index (χ1n) is 6.38. The lowest BCUT2D eigenvalue weighted by Crippen LogP contribution is -2.54. The van der Waals surface area contributed by atoms with Crippen molar-refractivity contribution >= 4 is 5.91 Å². The molecular weight excluding hydrogens is 202 g/mol. The molecule has 0 aromatic rings. The molecule has 4 nitrogen and oxygen atoms in total. The second-order valence-electron chi connectivity index (χ2n) is 5.36. The molecule has 0 aromatic heterocycles. The van der Waals surface area contributed by atoms with Crippen LogP contribution in [0.3, 0.4) is 0 Å². The van der Waals surface area contributed by atoms with Crippen molar-refractivity contribution in [1.82, 2.24) is 9.80 Å². The minimum atomic E-state index is -0.326. The molecule has 0 spiro atoms. The van der Waals surface area contributed by atoms with E-state index in [0.717, 1.165) is 32.2 Å². The summed E-state index contributed by atoms with van der Waals surface area (Å²) in [6, 6.07) is 0.489. The summed E-state index contributed by atoms with van der Waals surface area (Å²) in [5, 5.41) is 0. The van der Waals surface area contributed by atoms with Crippen LogP contribution in [-0.4, -0.2) is 54.0 Å². The van der Waals surface area contributed by atoms with Gasteiger partial charge in [0.1, 0.15) is 0 Å².